The number of rotatable bonds is 7. The van der Waals surface area contributed by atoms with Gasteiger partial charge in [0.05, 0.1) is 0 Å². The van der Waals surface area contributed by atoms with Crippen molar-refractivity contribution in [2.24, 2.45) is 5.73 Å². The lowest BCUT2D eigenvalue weighted by Crippen LogP contribution is -2.09. The molecule has 0 aliphatic carbocycles. The van der Waals surface area contributed by atoms with Crippen LogP contribution in [0, 0.1) is 0 Å². The van der Waals surface area contributed by atoms with Gasteiger partial charge in [-0.15, -0.1) is 0 Å². The lowest BCUT2D eigenvalue weighted by atomic mass is 10.1. The predicted octanol–water partition coefficient (Wildman–Crippen LogP) is 2.08. The predicted molar refractivity (Wildman–Crippen MR) is 109 cm³/mol. The maximum atomic E-state index is 6.19. The molecule has 0 fully saturated rings. The van der Waals surface area contributed by atoms with E-state index >= 15 is 0 Å². The fraction of sp³-hybridized carbons (Fsp3) is 0.263. The van der Waals surface area contributed by atoms with Crippen LogP contribution in [-0.2, 0) is 19.6 Å². The summed E-state index contributed by atoms with van der Waals surface area (Å²) in [6.45, 7) is 3.98. The second-order valence-electron chi connectivity index (χ2n) is 6.49. The van der Waals surface area contributed by atoms with Crippen LogP contribution in [-0.4, -0.2) is 29.3 Å². The van der Waals surface area contributed by atoms with E-state index in [9.17, 15) is 0 Å². The minimum Gasteiger partial charge on any atom is -0.382 e. The van der Waals surface area contributed by atoms with Gasteiger partial charge in [0.1, 0.15) is 0 Å². The Balaban J connectivity index is 1.67. The second-order valence-corrected chi connectivity index (χ2v) is 6.49. The third-order valence-corrected chi connectivity index (χ3v) is 4.47. The van der Waals surface area contributed by atoms with Gasteiger partial charge < -0.3 is 16.8 Å². The van der Waals surface area contributed by atoms with E-state index in [1.165, 1.54) is 0 Å². The van der Waals surface area contributed by atoms with Crippen LogP contribution in [0.3, 0.4) is 0 Å². The number of fused-ring (bicyclic) bond motifs is 1. The number of benzene rings is 1. The Hall–Kier alpha value is -3.46. The largest absolute Gasteiger partial charge is 0.382 e. The molecule has 0 amide bonds. The number of aromatic nitrogens is 6. The molecule has 4 aromatic rings. The van der Waals surface area contributed by atoms with Crippen molar-refractivity contribution >= 4 is 22.9 Å². The van der Waals surface area contributed by atoms with Crippen molar-refractivity contribution in [3.05, 3.63) is 53.9 Å². The highest BCUT2D eigenvalue weighted by Crippen LogP contribution is 2.23. The van der Waals surface area contributed by atoms with Crippen molar-refractivity contribution < 1.29 is 0 Å². The van der Waals surface area contributed by atoms with Crippen LogP contribution in [0.4, 0.5) is 11.8 Å². The first-order valence-electron chi connectivity index (χ1n) is 9.25. The van der Waals surface area contributed by atoms with E-state index in [1.807, 2.05) is 41.1 Å². The maximum Gasteiger partial charge on any atom is 0.233 e. The van der Waals surface area contributed by atoms with Gasteiger partial charge in [-0.25, -0.2) is 9.67 Å². The molecule has 3 aromatic heterocycles. The molecule has 4 rings (SSSR count). The number of hydrogen-bond donors (Lipinski definition) is 3. The fourth-order valence-electron chi connectivity index (χ4n) is 3.06. The van der Waals surface area contributed by atoms with Crippen LogP contribution in [0.5, 0.6) is 0 Å². The zero-order chi connectivity index (χ0) is 19.5. The zero-order valence-corrected chi connectivity index (χ0v) is 15.7. The van der Waals surface area contributed by atoms with Gasteiger partial charge in [0.2, 0.25) is 11.9 Å². The summed E-state index contributed by atoms with van der Waals surface area (Å²) in [5, 5.41) is 7.53. The van der Waals surface area contributed by atoms with Gasteiger partial charge >= 0.3 is 0 Å². The summed E-state index contributed by atoms with van der Waals surface area (Å²) >= 11 is 0. The zero-order valence-electron chi connectivity index (χ0n) is 15.7. The highest BCUT2D eigenvalue weighted by atomic mass is 15.4. The molecule has 0 radical (unpaired) electrons. The van der Waals surface area contributed by atoms with Gasteiger partial charge in [-0.1, -0.05) is 31.2 Å². The molecule has 1 aromatic carbocycles. The normalized spacial score (nSPS) is 11.2. The first-order chi connectivity index (χ1) is 13.7. The maximum absolute atomic E-state index is 6.19. The molecule has 9 nitrogen and oxygen atoms in total. The average molecular weight is 377 g/mol. The Labute approximate surface area is 162 Å². The summed E-state index contributed by atoms with van der Waals surface area (Å²) < 4.78 is 3.73. The second kappa shape index (κ2) is 7.65. The first-order valence-corrected chi connectivity index (χ1v) is 9.25. The summed E-state index contributed by atoms with van der Waals surface area (Å²) in [5.41, 5.74) is 15.3. The lowest BCUT2D eigenvalue weighted by molar-refractivity contribution is 0.647. The standard InChI is InChI=1S/C19H23N9/c1-2-9-27-17-15(24-19(27)28-10-3-8-23-28)16(21)25-18(26-17)22-12-14-6-4-13(11-20)5-7-14/h3-8,10H,2,9,11-12,20H2,1H3,(H3,21,22,25,26). The van der Waals surface area contributed by atoms with E-state index in [0.717, 1.165) is 24.1 Å². The lowest BCUT2D eigenvalue weighted by Gasteiger charge is -2.09. The van der Waals surface area contributed by atoms with Gasteiger partial charge in [-0.05, 0) is 23.6 Å². The number of nitrogens with two attached hydrogens (primary N) is 2. The summed E-state index contributed by atoms with van der Waals surface area (Å²) in [5.74, 6) is 1.49. The molecule has 0 aliphatic heterocycles. The van der Waals surface area contributed by atoms with Crippen molar-refractivity contribution in [1.82, 2.24) is 29.3 Å². The number of nitrogens with zero attached hydrogens (tertiary/aromatic N) is 6. The summed E-state index contributed by atoms with van der Waals surface area (Å²) in [6.07, 6.45) is 4.49. The Morgan fingerprint density at radius 2 is 1.86 bits per heavy atom. The van der Waals surface area contributed by atoms with Crippen LogP contribution >= 0.6 is 0 Å². The van der Waals surface area contributed by atoms with E-state index < -0.39 is 0 Å². The summed E-state index contributed by atoms with van der Waals surface area (Å²) in [7, 11) is 0. The monoisotopic (exact) mass is 377 g/mol. The number of nitrogens with one attached hydrogen (secondary N) is 1. The topological polar surface area (TPSA) is 125 Å². The first kappa shape index (κ1) is 17.9. The SMILES string of the molecule is CCCn1c(-n2cccn2)nc2c(N)nc(NCc3ccc(CN)cc3)nc21. The number of hydrogen-bond acceptors (Lipinski definition) is 7. The van der Waals surface area contributed by atoms with E-state index in [2.05, 4.69) is 32.3 Å². The van der Waals surface area contributed by atoms with Gasteiger partial charge in [0.25, 0.3) is 0 Å². The molecule has 0 saturated carbocycles. The third kappa shape index (κ3) is 3.39. The average Bonchev–Trinajstić information content (AvgIpc) is 3.36. The third-order valence-electron chi connectivity index (χ3n) is 4.47. The molecule has 0 spiro atoms. The molecule has 0 saturated heterocycles. The quantitative estimate of drug-likeness (QED) is 0.450. The molecule has 5 N–H and O–H groups in total. The smallest absolute Gasteiger partial charge is 0.233 e. The van der Waals surface area contributed by atoms with Crippen molar-refractivity contribution in [2.75, 3.05) is 11.1 Å². The molecule has 0 aliphatic rings. The van der Waals surface area contributed by atoms with E-state index in [4.69, 9.17) is 11.5 Å². The summed E-state index contributed by atoms with van der Waals surface area (Å²) in [4.78, 5) is 13.7. The number of anilines is 2. The minimum atomic E-state index is 0.342. The molecule has 0 bridgehead atoms. The van der Waals surface area contributed by atoms with Gasteiger partial charge in [-0.3, -0.25) is 4.57 Å². The van der Waals surface area contributed by atoms with Gasteiger partial charge in [-0.2, -0.15) is 15.1 Å². The van der Waals surface area contributed by atoms with Gasteiger partial charge in [0.15, 0.2) is 17.0 Å². The Kier molecular flexibility index (Phi) is 4.90. The van der Waals surface area contributed by atoms with Crippen molar-refractivity contribution in [3.63, 3.8) is 0 Å². The number of imidazole rings is 1. The van der Waals surface area contributed by atoms with Crippen molar-refractivity contribution in [2.45, 2.75) is 33.0 Å². The van der Waals surface area contributed by atoms with Crippen LogP contribution in [0.1, 0.15) is 24.5 Å². The molecule has 144 valence electrons. The Morgan fingerprint density at radius 3 is 2.54 bits per heavy atom. The van der Waals surface area contributed by atoms with Crippen LogP contribution in [0.15, 0.2) is 42.7 Å². The molecule has 28 heavy (non-hydrogen) atoms. The highest BCUT2D eigenvalue weighted by molar-refractivity contribution is 5.84. The van der Waals surface area contributed by atoms with Crippen molar-refractivity contribution in [1.29, 1.82) is 0 Å². The van der Waals surface area contributed by atoms with E-state index in [1.54, 1.807) is 10.9 Å². The van der Waals surface area contributed by atoms with E-state index in [-0.39, 0.29) is 0 Å². The molecular weight excluding hydrogens is 354 g/mol. The van der Waals surface area contributed by atoms with Crippen LogP contribution < -0.4 is 16.8 Å². The van der Waals surface area contributed by atoms with Crippen molar-refractivity contribution in [3.8, 4) is 5.95 Å². The summed E-state index contributed by atoms with van der Waals surface area (Å²) in [6, 6.07) is 9.96. The molecule has 0 atom stereocenters. The van der Waals surface area contributed by atoms with Gasteiger partial charge in [0, 0.05) is 32.0 Å². The fourth-order valence-corrected chi connectivity index (χ4v) is 3.06. The highest BCUT2D eigenvalue weighted by Gasteiger charge is 2.17. The molecule has 0 unspecified atom stereocenters. The van der Waals surface area contributed by atoms with Crippen LogP contribution in [0.2, 0.25) is 0 Å². The molecule has 9 heteroatoms. The Bertz CT molecular complexity index is 1070. The number of nitrogen functional groups attached to an aromatic ring is 1. The Morgan fingerprint density at radius 1 is 1.07 bits per heavy atom. The molecular formula is C19H23N9. The minimum absolute atomic E-state index is 0.342. The molecule has 3 heterocycles. The van der Waals surface area contributed by atoms with Crippen LogP contribution in [0.25, 0.3) is 17.1 Å². The number of aryl methyl sites for hydroxylation is 1. The van der Waals surface area contributed by atoms with E-state index in [0.29, 0.717) is 42.0 Å².